The van der Waals surface area contributed by atoms with Crippen LogP contribution in [0.5, 0.6) is 0 Å². The van der Waals surface area contributed by atoms with E-state index < -0.39 is 0 Å². The molecule has 0 aliphatic carbocycles. The number of anilines is 1. The molecule has 2 rings (SSSR count). The maximum atomic E-state index is 11.8. The van der Waals surface area contributed by atoms with E-state index in [1.807, 2.05) is 19.9 Å². The quantitative estimate of drug-likeness (QED) is 0.842. The molecule has 0 aliphatic rings. The number of hydrogen-bond acceptors (Lipinski definition) is 4. The van der Waals surface area contributed by atoms with Crippen LogP contribution in [0.25, 0.3) is 10.9 Å². The Bertz CT molecular complexity index is 617. The predicted octanol–water partition coefficient (Wildman–Crippen LogP) is 3.02. The summed E-state index contributed by atoms with van der Waals surface area (Å²) in [6.07, 6.45) is 2.11. The second-order valence-corrected chi connectivity index (χ2v) is 4.49. The molecule has 4 nitrogen and oxygen atoms in total. The summed E-state index contributed by atoms with van der Waals surface area (Å²) >= 11 is 0. The number of rotatable bonds is 4. The smallest absolute Gasteiger partial charge is 0.348 e. The third kappa shape index (κ3) is 2.37. The van der Waals surface area contributed by atoms with Crippen LogP contribution in [0, 0.1) is 13.8 Å². The van der Waals surface area contributed by atoms with Crippen molar-refractivity contribution in [3.05, 3.63) is 33.7 Å². The Hall–Kier alpha value is -1.84. The monoisotopic (exact) mass is 246 g/mol. The van der Waals surface area contributed by atoms with Crippen LogP contribution >= 0.6 is 0 Å². The Morgan fingerprint density at radius 1 is 1.33 bits per heavy atom. The van der Waals surface area contributed by atoms with Crippen LogP contribution in [0.4, 0.5) is 6.01 Å². The van der Waals surface area contributed by atoms with Gasteiger partial charge in [-0.25, -0.2) is 4.79 Å². The Balaban J connectivity index is 2.46. The average Bonchev–Trinajstić information content (AvgIpc) is 2.35. The van der Waals surface area contributed by atoms with Crippen LogP contribution in [0.15, 0.2) is 21.3 Å². The standard InChI is InChI=1S/C14H18N2O2/c1-4-5-8-15-14-16-12-10(3)9(2)6-7-11(12)13(17)18-14/h6-7H,4-5,8H2,1-3H3,(H,15,16). The third-order valence-electron chi connectivity index (χ3n) is 3.13. The lowest BCUT2D eigenvalue weighted by Crippen LogP contribution is -2.09. The first-order chi connectivity index (χ1) is 8.63. The van der Waals surface area contributed by atoms with E-state index in [4.69, 9.17) is 4.42 Å². The second kappa shape index (κ2) is 5.21. The number of benzene rings is 1. The minimum absolute atomic E-state index is 0.314. The molecule has 0 aliphatic heterocycles. The number of aromatic nitrogens is 1. The van der Waals surface area contributed by atoms with Gasteiger partial charge >= 0.3 is 5.63 Å². The van der Waals surface area contributed by atoms with Crippen molar-refractivity contribution in [3.8, 4) is 0 Å². The van der Waals surface area contributed by atoms with E-state index in [1.54, 1.807) is 6.07 Å². The molecule has 0 spiro atoms. The molecule has 0 saturated heterocycles. The Morgan fingerprint density at radius 2 is 2.11 bits per heavy atom. The summed E-state index contributed by atoms with van der Waals surface area (Å²) in [4.78, 5) is 16.2. The zero-order chi connectivity index (χ0) is 13.1. The highest BCUT2D eigenvalue weighted by Crippen LogP contribution is 2.18. The van der Waals surface area contributed by atoms with Gasteiger partial charge in [0.15, 0.2) is 0 Å². The van der Waals surface area contributed by atoms with Crippen LogP contribution in [0.2, 0.25) is 0 Å². The number of hydrogen-bond donors (Lipinski definition) is 1. The van der Waals surface area contributed by atoms with Crippen molar-refractivity contribution in [1.82, 2.24) is 4.98 Å². The molecular formula is C14H18N2O2. The van der Waals surface area contributed by atoms with Gasteiger partial charge in [-0.2, -0.15) is 4.98 Å². The van der Waals surface area contributed by atoms with Gasteiger partial charge in [-0.15, -0.1) is 0 Å². The summed E-state index contributed by atoms with van der Waals surface area (Å²) in [7, 11) is 0. The normalized spacial score (nSPS) is 10.8. The zero-order valence-corrected chi connectivity index (χ0v) is 11.0. The molecule has 1 heterocycles. The Morgan fingerprint density at radius 3 is 2.83 bits per heavy atom. The van der Waals surface area contributed by atoms with Gasteiger partial charge in [0.1, 0.15) is 0 Å². The minimum Gasteiger partial charge on any atom is -0.389 e. The summed E-state index contributed by atoms with van der Waals surface area (Å²) in [6, 6.07) is 4.00. The lowest BCUT2D eigenvalue weighted by atomic mass is 10.1. The summed E-state index contributed by atoms with van der Waals surface area (Å²) < 4.78 is 5.15. The summed E-state index contributed by atoms with van der Waals surface area (Å²) in [5.74, 6) is 0. The summed E-state index contributed by atoms with van der Waals surface area (Å²) in [5.41, 5.74) is 2.55. The van der Waals surface area contributed by atoms with E-state index in [1.165, 1.54) is 0 Å². The Kier molecular flexibility index (Phi) is 3.65. The molecule has 0 saturated carbocycles. The first-order valence-electron chi connectivity index (χ1n) is 6.28. The predicted molar refractivity (Wildman–Crippen MR) is 73.2 cm³/mol. The zero-order valence-electron chi connectivity index (χ0n) is 11.0. The van der Waals surface area contributed by atoms with Crippen molar-refractivity contribution in [3.63, 3.8) is 0 Å². The van der Waals surface area contributed by atoms with Gasteiger partial charge in [0, 0.05) is 6.54 Å². The van der Waals surface area contributed by atoms with Crippen molar-refractivity contribution in [2.75, 3.05) is 11.9 Å². The second-order valence-electron chi connectivity index (χ2n) is 4.49. The summed E-state index contributed by atoms with van der Waals surface area (Å²) in [6.45, 7) is 6.86. The van der Waals surface area contributed by atoms with Gasteiger partial charge in [-0.1, -0.05) is 19.4 Å². The fourth-order valence-electron chi connectivity index (χ4n) is 1.82. The number of unbranched alkanes of at least 4 members (excludes halogenated alkanes) is 1. The SMILES string of the molecule is CCCCNc1nc2c(C)c(C)ccc2c(=O)o1. The fraction of sp³-hybridized carbons (Fsp3) is 0.429. The van der Waals surface area contributed by atoms with Gasteiger partial charge in [0.25, 0.3) is 6.01 Å². The minimum atomic E-state index is -0.331. The number of fused-ring (bicyclic) bond motifs is 1. The highest BCUT2D eigenvalue weighted by Gasteiger charge is 2.09. The first-order valence-corrected chi connectivity index (χ1v) is 6.28. The van der Waals surface area contributed by atoms with Crippen molar-refractivity contribution in [1.29, 1.82) is 0 Å². The molecule has 96 valence electrons. The lowest BCUT2D eigenvalue weighted by Gasteiger charge is -2.07. The van der Waals surface area contributed by atoms with Crippen LogP contribution in [-0.4, -0.2) is 11.5 Å². The first kappa shape index (κ1) is 12.6. The number of nitrogens with zero attached hydrogens (tertiary/aromatic N) is 1. The highest BCUT2D eigenvalue weighted by molar-refractivity contribution is 5.82. The van der Waals surface area contributed by atoms with Crippen molar-refractivity contribution >= 4 is 16.9 Å². The van der Waals surface area contributed by atoms with Crippen LogP contribution in [-0.2, 0) is 0 Å². The van der Waals surface area contributed by atoms with Crippen molar-refractivity contribution in [2.24, 2.45) is 0 Å². The molecule has 0 atom stereocenters. The molecule has 4 heteroatoms. The van der Waals surface area contributed by atoms with E-state index in [0.29, 0.717) is 11.4 Å². The van der Waals surface area contributed by atoms with Gasteiger partial charge in [-0.3, -0.25) is 0 Å². The molecule has 1 aromatic heterocycles. The van der Waals surface area contributed by atoms with Gasteiger partial charge in [0.05, 0.1) is 10.9 Å². The highest BCUT2D eigenvalue weighted by atomic mass is 16.4. The van der Waals surface area contributed by atoms with Gasteiger partial charge in [0.2, 0.25) is 0 Å². The van der Waals surface area contributed by atoms with Crippen LogP contribution < -0.4 is 10.9 Å². The molecule has 1 N–H and O–H groups in total. The third-order valence-corrected chi connectivity index (χ3v) is 3.13. The molecule has 1 aromatic carbocycles. The van der Waals surface area contributed by atoms with E-state index >= 15 is 0 Å². The van der Waals surface area contributed by atoms with Crippen molar-refractivity contribution < 1.29 is 4.42 Å². The molecule has 0 unspecified atom stereocenters. The molecular weight excluding hydrogens is 228 g/mol. The molecule has 0 fully saturated rings. The largest absolute Gasteiger partial charge is 0.389 e. The number of aryl methyl sites for hydroxylation is 2. The molecule has 18 heavy (non-hydrogen) atoms. The average molecular weight is 246 g/mol. The van der Waals surface area contributed by atoms with Crippen molar-refractivity contribution in [2.45, 2.75) is 33.6 Å². The van der Waals surface area contributed by atoms with Gasteiger partial charge < -0.3 is 9.73 Å². The summed E-state index contributed by atoms with van der Waals surface area (Å²) in [5, 5.41) is 3.59. The topological polar surface area (TPSA) is 55.1 Å². The van der Waals surface area contributed by atoms with Gasteiger partial charge in [-0.05, 0) is 37.5 Å². The maximum absolute atomic E-state index is 11.8. The Labute approximate surface area is 106 Å². The maximum Gasteiger partial charge on any atom is 0.348 e. The van der Waals surface area contributed by atoms with Crippen LogP contribution in [0.1, 0.15) is 30.9 Å². The molecule has 2 aromatic rings. The number of nitrogens with one attached hydrogen (secondary N) is 1. The van der Waals surface area contributed by atoms with E-state index in [-0.39, 0.29) is 5.63 Å². The molecule has 0 radical (unpaired) electrons. The van der Waals surface area contributed by atoms with E-state index in [0.717, 1.165) is 36.0 Å². The van der Waals surface area contributed by atoms with Crippen LogP contribution in [0.3, 0.4) is 0 Å². The lowest BCUT2D eigenvalue weighted by molar-refractivity contribution is 0.515. The van der Waals surface area contributed by atoms with E-state index in [9.17, 15) is 4.79 Å². The van der Waals surface area contributed by atoms with E-state index in [2.05, 4.69) is 17.2 Å². The fourth-order valence-corrected chi connectivity index (χ4v) is 1.82. The molecule has 0 amide bonds. The molecule has 0 bridgehead atoms.